The minimum absolute atomic E-state index is 0.361. The minimum atomic E-state index is 0.361. The van der Waals surface area contributed by atoms with Crippen LogP contribution in [0, 0.1) is 0 Å². The number of nitrogens with zero attached hydrogens (tertiary/aromatic N) is 1. The molecule has 1 aromatic carbocycles. The number of hydrogen-bond acceptors (Lipinski definition) is 4. The smallest absolute Gasteiger partial charge is 0.129 e. The van der Waals surface area contributed by atoms with E-state index in [0.717, 1.165) is 37.6 Å². The molecule has 0 aliphatic heterocycles. The van der Waals surface area contributed by atoms with Crippen molar-refractivity contribution < 1.29 is 9.47 Å². The van der Waals surface area contributed by atoms with E-state index < -0.39 is 0 Å². The van der Waals surface area contributed by atoms with Crippen molar-refractivity contribution in [2.45, 2.75) is 6.92 Å². The summed E-state index contributed by atoms with van der Waals surface area (Å²) in [6, 6.07) is 7.57. The summed E-state index contributed by atoms with van der Waals surface area (Å²) in [6.45, 7) is 5.83. The topological polar surface area (TPSA) is 47.7 Å². The zero-order valence-electron chi connectivity index (χ0n) is 11.6. The predicted octanol–water partition coefficient (Wildman–Crippen LogP) is 1.67. The Labute approximate surface area is 120 Å². The minimum Gasteiger partial charge on any atom is -0.492 e. The van der Waals surface area contributed by atoms with Crippen LogP contribution in [0.15, 0.2) is 24.3 Å². The number of nitrogens with two attached hydrogens (primary N) is 1. The molecule has 4 nitrogen and oxygen atoms in total. The first-order valence-corrected chi connectivity index (χ1v) is 6.84. The molecule has 0 saturated heterocycles. The van der Waals surface area contributed by atoms with Crippen LogP contribution in [0.3, 0.4) is 0 Å². The first kappa shape index (κ1) is 15.9. The van der Waals surface area contributed by atoms with Crippen molar-refractivity contribution in [1.29, 1.82) is 0 Å². The lowest BCUT2D eigenvalue weighted by Crippen LogP contribution is -2.28. The highest BCUT2D eigenvalue weighted by Crippen LogP contribution is 2.17. The SMILES string of the molecule is CCOCCN(C)CCOc1ccccc1C(N)=S. The van der Waals surface area contributed by atoms with E-state index in [0.29, 0.717) is 11.6 Å². The van der Waals surface area contributed by atoms with E-state index in [2.05, 4.69) is 4.90 Å². The average Bonchev–Trinajstić information content (AvgIpc) is 2.39. The number of para-hydroxylation sites is 1. The molecule has 0 bridgehead atoms. The molecule has 106 valence electrons. The fourth-order valence-corrected chi connectivity index (χ4v) is 1.75. The van der Waals surface area contributed by atoms with Gasteiger partial charge in [0.05, 0.1) is 12.2 Å². The van der Waals surface area contributed by atoms with Crippen molar-refractivity contribution in [2.75, 3.05) is 40.0 Å². The van der Waals surface area contributed by atoms with Gasteiger partial charge in [-0.2, -0.15) is 0 Å². The van der Waals surface area contributed by atoms with Gasteiger partial charge in [-0.1, -0.05) is 24.4 Å². The molecule has 0 aliphatic rings. The van der Waals surface area contributed by atoms with Gasteiger partial charge in [0.1, 0.15) is 17.3 Å². The van der Waals surface area contributed by atoms with Crippen LogP contribution >= 0.6 is 12.2 Å². The van der Waals surface area contributed by atoms with Crippen LogP contribution in [-0.2, 0) is 4.74 Å². The second-order valence-corrected chi connectivity index (χ2v) is 4.65. The molecule has 0 radical (unpaired) electrons. The van der Waals surface area contributed by atoms with Crippen LogP contribution in [0.2, 0.25) is 0 Å². The van der Waals surface area contributed by atoms with Crippen molar-refractivity contribution in [3.63, 3.8) is 0 Å². The molecule has 5 heteroatoms. The highest BCUT2D eigenvalue weighted by atomic mass is 32.1. The Bertz CT molecular complexity index is 399. The van der Waals surface area contributed by atoms with E-state index in [1.807, 2.05) is 38.2 Å². The second kappa shape index (κ2) is 8.85. The number of benzene rings is 1. The molecular weight excluding hydrogens is 260 g/mol. The van der Waals surface area contributed by atoms with Gasteiger partial charge >= 0.3 is 0 Å². The Morgan fingerprint density at radius 2 is 1.95 bits per heavy atom. The van der Waals surface area contributed by atoms with Crippen molar-refractivity contribution in [3.8, 4) is 5.75 Å². The predicted molar refractivity (Wildman–Crippen MR) is 81.8 cm³/mol. The van der Waals surface area contributed by atoms with Crippen LogP contribution in [0.5, 0.6) is 5.75 Å². The largest absolute Gasteiger partial charge is 0.492 e. The lowest BCUT2D eigenvalue weighted by Gasteiger charge is -2.17. The van der Waals surface area contributed by atoms with Crippen LogP contribution < -0.4 is 10.5 Å². The normalized spacial score (nSPS) is 10.7. The third kappa shape index (κ3) is 6.00. The molecular formula is C14H22N2O2S. The monoisotopic (exact) mass is 282 g/mol. The van der Waals surface area contributed by atoms with E-state index in [4.69, 9.17) is 27.4 Å². The molecule has 0 aromatic heterocycles. The molecule has 0 saturated carbocycles. The second-order valence-electron chi connectivity index (χ2n) is 4.21. The number of ether oxygens (including phenoxy) is 2. The van der Waals surface area contributed by atoms with Gasteiger partial charge in [0, 0.05) is 19.7 Å². The van der Waals surface area contributed by atoms with E-state index in [1.165, 1.54) is 0 Å². The van der Waals surface area contributed by atoms with E-state index in [-0.39, 0.29) is 0 Å². The Morgan fingerprint density at radius 1 is 1.26 bits per heavy atom. The zero-order chi connectivity index (χ0) is 14.1. The van der Waals surface area contributed by atoms with Crippen molar-refractivity contribution in [3.05, 3.63) is 29.8 Å². The average molecular weight is 282 g/mol. The highest BCUT2D eigenvalue weighted by molar-refractivity contribution is 7.80. The number of rotatable bonds is 9. The molecule has 0 unspecified atom stereocenters. The maximum atomic E-state index is 5.73. The fraction of sp³-hybridized carbons (Fsp3) is 0.500. The van der Waals surface area contributed by atoms with Crippen LogP contribution in [0.1, 0.15) is 12.5 Å². The third-order valence-electron chi connectivity index (χ3n) is 2.70. The van der Waals surface area contributed by atoms with Gasteiger partial charge in [-0.3, -0.25) is 0 Å². The summed E-state index contributed by atoms with van der Waals surface area (Å²) in [7, 11) is 2.04. The van der Waals surface area contributed by atoms with Crippen molar-refractivity contribution >= 4 is 17.2 Å². The number of thiocarbonyl (C=S) groups is 1. The fourth-order valence-electron chi connectivity index (χ4n) is 1.58. The number of hydrogen-bond donors (Lipinski definition) is 1. The van der Waals surface area contributed by atoms with Gasteiger partial charge in [0.15, 0.2) is 0 Å². The summed E-state index contributed by atoms with van der Waals surface area (Å²) in [4.78, 5) is 2.53. The quantitative estimate of drug-likeness (QED) is 0.551. The molecule has 2 N–H and O–H groups in total. The summed E-state index contributed by atoms with van der Waals surface area (Å²) >= 11 is 4.99. The summed E-state index contributed by atoms with van der Waals surface area (Å²) in [5.74, 6) is 0.744. The Hall–Kier alpha value is -1.17. The lowest BCUT2D eigenvalue weighted by molar-refractivity contribution is 0.116. The van der Waals surface area contributed by atoms with Crippen LogP contribution in [0.25, 0.3) is 0 Å². The van der Waals surface area contributed by atoms with Crippen LogP contribution in [0.4, 0.5) is 0 Å². The molecule has 0 atom stereocenters. The molecule has 1 aromatic rings. The zero-order valence-corrected chi connectivity index (χ0v) is 12.4. The first-order chi connectivity index (χ1) is 9.15. The molecule has 19 heavy (non-hydrogen) atoms. The molecule has 0 amide bonds. The summed E-state index contributed by atoms with van der Waals surface area (Å²) in [5.41, 5.74) is 6.44. The van der Waals surface area contributed by atoms with Crippen LogP contribution in [-0.4, -0.2) is 49.8 Å². The van der Waals surface area contributed by atoms with Gasteiger partial charge in [-0.25, -0.2) is 0 Å². The van der Waals surface area contributed by atoms with E-state index >= 15 is 0 Å². The number of likely N-dealkylation sites (N-methyl/N-ethyl adjacent to an activating group) is 1. The molecule has 0 spiro atoms. The van der Waals surface area contributed by atoms with Gasteiger partial charge < -0.3 is 20.1 Å². The van der Waals surface area contributed by atoms with Crippen molar-refractivity contribution in [2.24, 2.45) is 5.73 Å². The summed E-state index contributed by atoms with van der Waals surface area (Å²) in [6.07, 6.45) is 0. The maximum absolute atomic E-state index is 5.73. The highest BCUT2D eigenvalue weighted by Gasteiger charge is 2.05. The maximum Gasteiger partial charge on any atom is 0.129 e. The van der Waals surface area contributed by atoms with Gasteiger partial charge in [-0.15, -0.1) is 0 Å². The first-order valence-electron chi connectivity index (χ1n) is 6.43. The van der Waals surface area contributed by atoms with Gasteiger partial charge in [0.2, 0.25) is 0 Å². The van der Waals surface area contributed by atoms with E-state index in [1.54, 1.807) is 0 Å². The van der Waals surface area contributed by atoms with E-state index in [9.17, 15) is 0 Å². The molecule has 0 fully saturated rings. The molecule has 0 heterocycles. The van der Waals surface area contributed by atoms with Crippen molar-refractivity contribution in [1.82, 2.24) is 4.90 Å². The van der Waals surface area contributed by atoms with Gasteiger partial charge in [-0.05, 0) is 26.1 Å². The standard InChI is InChI=1S/C14H22N2O2S/c1-3-17-10-8-16(2)9-11-18-13-7-5-4-6-12(13)14(15)19/h4-7H,3,8-11H2,1-2H3,(H2,15,19). The summed E-state index contributed by atoms with van der Waals surface area (Å²) in [5, 5.41) is 0. The van der Waals surface area contributed by atoms with Gasteiger partial charge in [0.25, 0.3) is 0 Å². The lowest BCUT2D eigenvalue weighted by atomic mass is 10.2. The summed E-state index contributed by atoms with van der Waals surface area (Å²) < 4.78 is 11.0. The molecule has 1 rings (SSSR count). The third-order valence-corrected chi connectivity index (χ3v) is 2.92. The Kier molecular flexibility index (Phi) is 7.40. The molecule has 0 aliphatic carbocycles. The Morgan fingerprint density at radius 3 is 2.63 bits per heavy atom. The Balaban J connectivity index is 2.35.